The highest BCUT2D eigenvalue weighted by Crippen LogP contribution is 2.32. The molecular weight excluding hydrogens is 522 g/mol. The summed E-state index contributed by atoms with van der Waals surface area (Å²) in [6.45, 7) is 2.94. The number of nitrogens with one attached hydrogen (secondary N) is 2. The lowest BCUT2D eigenvalue weighted by Gasteiger charge is -2.14. The van der Waals surface area contributed by atoms with Gasteiger partial charge in [-0.3, -0.25) is 4.79 Å². The Morgan fingerprint density at radius 3 is 2.52 bits per heavy atom. The van der Waals surface area contributed by atoms with Crippen molar-refractivity contribution in [3.8, 4) is 11.5 Å². The van der Waals surface area contributed by atoms with Gasteiger partial charge in [-0.2, -0.15) is 5.10 Å². The van der Waals surface area contributed by atoms with E-state index in [4.69, 9.17) is 4.74 Å². The van der Waals surface area contributed by atoms with Gasteiger partial charge in [0.2, 0.25) is 0 Å². The van der Waals surface area contributed by atoms with Gasteiger partial charge in [0.15, 0.2) is 5.82 Å². The third kappa shape index (κ3) is 5.17. The van der Waals surface area contributed by atoms with Crippen LogP contribution in [0.4, 0.5) is 5.82 Å². The maximum absolute atomic E-state index is 11.9. The predicted molar refractivity (Wildman–Crippen MR) is 132 cm³/mol. The number of fused-ring (bicyclic) bond motifs is 1. The van der Waals surface area contributed by atoms with E-state index in [1.165, 1.54) is 5.56 Å². The molecule has 0 radical (unpaired) electrons. The van der Waals surface area contributed by atoms with Crippen molar-refractivity contribution < 1.29 is 4.74 Å². The van der Waals surface area contributed by atoms with Gasteiger partial charge in [0.25, 0.3) is 5.56 Å². The molecule has 158 valence electrons. The van der Waals surface area contributed by atoms with Crippen LogP contribution >= 0.6 is 31.9 Å². The van der Waals surface area contributed by atoms with E-state index in [1.54, 1.807) is 6.07 Å². The molecule has 1 unspecified atom stereocenters. The largest absolute Gasteiger partial charge is 0.456 e. The van der Waals surface area contributed by atoms with Gasteiger partial charge < -0.3 is 10.1 Å². The third-order valence-electron chi connectivity index (χ3n) is 5.14. The van der Waals surface area contributed by atoms with Crippen molar-refractivity contribution in [1.29, 1.82) is 0 Å². The molecule has 0 aliphatic carbocycles. The van der Waals surface area contributed by atoms with Gasteiger partial charge in [0.1, 0.15) is 11.5 Å². The average molecular weight is 543 g/mol. The number of nitrogens with zero attached hydrogens (tertiary/aromatic N) is 1. The molecule has 2 N–H and O–H groups in total. The summed E-state index contributed by atoms with van der Waals surface area (Å²) in [5.41, 5.74) is 1.07. The fraction of sp³-hybridized carbons (Fsp3) is 0.167. The van der Waals surface area contributed by atoms with E-state index in [2.05, 4.69) is 66.4 Å². The molecule has 7 heteroatoms. The molecule has 0 aliphatic rings. The summed E-state index contributed by atoms with van der Waals surface area (Å²) in [4.78, 5) is 11.9. The van der Waals surface area contributed by atoms with Crippen LogP contribution in [-0.2, 0) is 0 Å². The first-order valence-corrected chi connectivity index (χ1v) is 11.5. The number of H-pyrrole nitrogens is 1. The topological polar surface area (TPSA) is 67.0 Å². The molecule has 1 aromatic heterocycles. The van der Waals surface area contributed by atoms with E-state index in [-0.39, 0.29) is 5.56 Å². The molecule has 4 aromatic rings. The summed E-state index contributed by atoms with van der Waals surface area (Å²) >= 11 is 6.97. The van der Waals surface area contributed by atoms with Gasteiger partial charge in [0.05, 0.1) is 9.86 Å². The molecule has 3 aromatic carbocycles. The predicted octanol–water partition coefficient (Wildman–Crippen LogP) is 6.85. The Hall–Kier alpha value is -2.64. The second-order valence-corrected chi connectivity index (χ2v) is 9.08. The highest BCUT2D eigenvalue weighted by molar-refractivity contribution is 9.11. The Balaban J connectivity index is 1.37. The second kappa shape index (κ2) is 9.66. The van der Waals surface area contributed by atoms with Crippen LogP contribution in [-0.4, -0.2) is 16.7 Å². The van der Waals surface area contributed by atoms with Crippen LogP contribution in [0.3, 0.4) is 0 Å². The summed E-state index contributed by atoms with van der Waals surface area (Å²) in [6, 6.07) is 21.5. The third-order valence-corrected chi connectivity index (χ3v) is 6.25. The molecule has 4 rings (SSSR count). The van der Waals surface area contributed by atoms with Gasteiger partial charge in [-0.15, -0.1) is 0 Å². The van der Waals surface area contributed by atoms with E-state index in [1.807, 2.05) is 48.5 Å². The molecule has 1 heterocycles. The monoisotopic (exact) mass is 541 g/mol. The molecule has 0 spiro atoms. The van der Waals surface area contributed by atoms with Crippen LogP contribution in [0.5, 0.6) is 11.5 Å². The quantitative estimate of drug-likeness (QED) is 0.268. The molecule has 0 saturated carbocycles. The van der Waals surface area contributed by atoms with Gasteiger partial charge >= 0.3 is 0 Å². The number of hydrogen-bond donors (Lipinski definition) is 2. The Bertz CT molecular complexity index is 1260. The van der Waals surface area contributed by atoms with Crippen molar-refractivity contribution in [3.05, 3.63) is 91.6 Å². The van der Waals surface area contributed by atoms with Crippen molar-refractivity contribution >= 4 is 48.5 Å². The van der Waals surface area contributed by atoms with E-state index < -0.39 is 0 Å². The van der Waals surface area contributed by atoms with E-state index >= 15 is 0 Å². The highest BCUT2D eigenvalue weighted by atomic mass is 79.9. The van der Waals surface area contributed by atoms with Crippen molar-refractivity contribution in [2.45, 2.75) is 19.3 Å². The van der Waals surface area contributed by atoms with Gasteiger partial charge in [-0.25, -0.2) is 5.10 Å². The summed E-state index contributed by atoms with van der Waals surface area (Å²) < 4.78 is 7.86. The Kier molecular flexibility index (Phi) is 6.73. The fourth-order valence-electron chi connectivity index (χ4n) is 3.37. The smallest absolute Gasteiger partial charge is 0.272 e. The minimum atomic E-state index is -0.174. The number of aromatic nitrogens is 2. The van der Waals surface area contributed by atoms with Crippen LogP contribution < -0.4 is 15.6 Å². The first-order valence-electron chi connectivity index (χ1n) is 9.95. The number of halogens is 2. The molecule has 0 saturated heterocycles. The molecule has 0 amide bonds. The van der Waals surface area contributed by atoms with E-state index in [9.17, 15) is 4.79 Å². The zero-order valence-electron chi connectivity index (χ0n) is 16.9. The molecule has 5 nitrogen and oxygen atoms in total. The van der Waals surface area contributed by atoms with E-state index in [0.29, 0.717) is 17.1 Å². The zero-order chi connectivity index (χ0) is 21.8. The number of rotatable bonds is 7. The second-order valence-electron chi connectivity index (χ2n) is 7.31. The van der Waals surface area contributed by atoms with Gasteiger partial charge in [-0.05, 0) is 70.2 Å². The minimum Gasteiger partial charge on any atom is -0.456 e. The molecule has 0 aliphatic heterocycles. The average Bonchev–Trinajstić information content (AvgIpc) is 2.78. The van der Waals surface area contributed by atoms with Crippen molar-refractivity contribution in [2.75, 3.05) is 11.9 Å². The van der Waals surface area contributed by atoms with Gasteiger partial charge in [0, 0.05) is 16.4 Å². The fourth-order valence-corrected chi connectivity index (χ4v) is 4.50. The lowest BCUT2D eigenvalue weighted by atomic mass is 9.98. The normalized spacial score (nSPS) is 12.0. The number of hydrogen-bond acceptors (Lipinski definition) is 4. The molecule has 31 heavy (non-hydrogen) atoms. The van der Waals surface area contributed by atoms with Crippen LogP contribution in [0.25, 0.3) is 10.8 Å². The standard InChI is InChI=1S/C24H21Br2N3O2/c1-15(12-13-27-23-19-4-2-3-5-20(19)24(30)29-28-23)16-6-9-18(10-7-16)31-22-11-8-17(25)14-21(22)26/h2-11,14-15H,12-13H2,1H3,(H,27,28)(H,29,30). The Morgan fingerprint density at radius 2 is 1.77 bits per heavy atom. The van der Waals surface area contributed by atoms with Crippen molar-refractivity contribution in [1.82, 2.24) is 10.2 Å². The Labute approximate surface area is 197 Å². The van der Waals surface area contributed by atoms with Crippen molar-refractivity contribution in [3.63, 3.8) is 0 Å². The summed E-state index contributed by atoms with van der Waals surface area (Å²) in [5.74, 6) is 2.62. The molecule has 0 bridgehead atoms. The zero-order valence-corrected chi connectivity index (χ0v) is 20.0. The van der Waals surface area contributed by atoms with E-state index in [0.717, 1.165) is 38.8 Å². The summed E-state index contributed by atoms with van der Waals surface area (Å²) in [6.07, 6.45) is 0.924. The van der Waals surface area contributed by atoms with Crippen molar-refractivity contribution in [2.24, 2.45) is 0 Å². The summed E-state index contributed by atoms with van der Waals surface area (Å²) in [5, 5.41) is 11.6. The maximum Gasteiger partial charge on any atom is 0.272 e. The molecular formula is C24H21Br2N3O2. The lowest BCUT2D eigenvalue weighted by molar-refractivity contribution is 0.479. The first kappa shape index (κ1) is 21.6. The van der Waals surface area contributed by atoms with Gasteiger partial charge in [-0.1, -0.05) is 53.2 Å². The highest BCUT2D eigenvalue weighted by Gasteiger charge is 2.09. The Morgan fingerprint density at radius 1 is 1.03 bits per heavy atom. The van der Waals surface area contributed by atoms with Crippen LogP contribution in [0.15, 0.2) is 80.5 Å². The number of aromatic amines is 1. The molecule has 1 atom stereocenters. The first-order chi connectivity index (χ1) is 15.0. The number of anilines is 1. The van der Waals surface area contributed by atoms with Crippen LogP contribution in [0.1, 0.15) is 24.8 Å². The number of benzene rings is 3. The lowest BCUT2D eigenvalue weighted by Crippen LogP contribution is -2.13. The molecule has 0 fully saturated rings. The van der Waals surface area contributed by atoms with Crippen LogP contribution in [0, 0.1) is 0 Å². The van der Waals surface area contributed by atoms with Crippen LogP contribution in [0.2, 0.25) is 0 Å². The SMILES string of the molecule is CC(CCNc1n[nH]c(=O)c2ccccc12)c1ccc(Oc2ccc(Br)cc2Br)cc1. The minimum absolute atomic E-state index is 0.174. The summed E-state index contributed by atoms with van der Waals surface area (Å²) in [7, 11) is 0. The maximum atomic E-state index is 11.9. The number of ether oxygens (including phenoxy) is 1.